The lowest BCUT2D eigenvalue weighted by atomic mass is 10.1. The van der Waals surface area contributed by atoms with Gasteiger partial charge in [-0.05, 0) is 38.9 Å². The average Bonchev–Trinajstić information content (AvgIpc) is 2.21. The van der Waals surface area contributed by atoms with Crippen LogP contribution in [0.3, 0.4) is 0 Å². The second-order valence-corrected chi connectivity index (χ2v) is 4.66. The van der Waals surface area contributed by atoms with Crippen molar-refractivity contribution >= 4 is 0 Å². The maximum absolute atomic E-state index is 3.47. The fourth-order valence-electron chi connectivity index (χ4n) is 1.41. The van der Waals surface area contributed by atoms with Crippen LogP contribution in [0.2, 0.25) is 0 Å². The van der Waals surface area contributed by atoms with Gasteiger partial charge in [-0.2, -0.15) is 0 Å². The summed E-state index contributed by atoms with van der Waals surface area (Å²) in [4.78, 5) is 0. The van der Waals surface area contributed by atoms with Crippen LogP contribution in [-0.4, -0.2) is 19.1 Å². The van der Waals surface area contributed by atoms with E-state index in [4.69, 9.17) is 0 Å². The predicted octanol–water partition coefficient (Wildman–Crippen LogP) is 2.08. The maximum atomic E-state index is 3.47. The monoisotopic (exact) mass is 206 g/mol. The molecule has 0 aliphatic heterocycles. The Morgan fingerprint density at radius 2 is 1.87 bits per heavy atom. The van der Waals surface area contributed by atoms with Gasteiger partial charge >= 0.3 is 0 Å². The summed E-state index contributed by atoms with van der Waals surface area (Å²) in [7, 11) is 2.00. The number of nitrogens with one attached hydrogen (secondary N) is 2. The summed E-state index contributed by atoms with van der Waals surface area (Å²) in [5, 5.41) is 6.75. The minimum Gasteiger partial charge on any atom is -0.314 e. The minimum atomic E-state index is 0.155. The Morgan fingerprint density at radius 1 is 1.20 bits per heavy atom. The van der Waals surface area contributed by atoms with Crippen molar-refractivity contribution in [3.8, 4) is 0 Å². The lowest BCUT2D eigenvalue weighted by molar-refractivity contribution is 0.393. The Morgan fingerprint density at radius 3 is 2.47 bits per heavy atom. The van der Waals surface area contributed by atoms with Crippen LogP contribution in [0.15, 0.2) is 24.3 Å². The van der Waals surface area contributed by atoms with E-state index in [1.165, 1.54) is 11.1 Å². The van der Waals surface area contributed by atoms with Crippen molar-refractivity contribution in [2.45, 2.75) is 32.9 Å². The number of rotatable bonds is 5. The molecule has 0 aliphatic rings. The summed E-state index contributed by atoms with van der Waals surface area (Å²) >= 11 is 0. The number of aryl methyl sites for hydroxylation is 1. The van der Waals surface area contributed by atoms with Crippen LogP contribution in [0.25, 0.3) is 0 Å². The molecule has 1 aromatic rings. The lowest BCUT2D eigenvalue weighted by Crippen LogP contribution is -2.45. The lowest BCUT2D eigenvalue weighted by Gasteiger charge is -2.24. The van der Waals surface area contributed by atoms with E-state index in [-0.39, 0.29) is 5.54 Å². The fraction of sp³-hybridized carbons (Fsp3) is 0.538. The Hall–Kier alpha value is -0.860. The van der Waals surface area contributed by atoms with Crippen LogP contribution >= 0.6 is 0 Å². The summed E-state index contributed by atoms with van der Waals surface area (Å²) in [6.45, 7) is 8.45. The molecule has 0 amide bonds. The van der Waals surface area contributed by atoms with Gasteiger partial charge < -0.3 is 10.6 Å². The summed E-state index contributed by atoms with van der Waals surface area (Å²) < 4.78 is 0. The van der Waals surface area contributed by atoms with Crippen LogP contribution in [0.4, 0.5) is 0 Å². The first kappa shape index (κ1) is 12.2. The first-order valence-corrected chi connectivity index (χ1v) is 5.49. The number of hydrogen-bond acceptors (Lipinski definition) is 2. The third-order valence-electron chi connectivity index (χ3n) is 2.82. The Kier molecular flexibility index (Phi) is 4.30. The van der Waals surface area contributed by atoms with Gasteiger partial charge in [0.25, 0.3) is 0 Å². The second-order valence-electron chi connectivity index (χ2n) is 4.66. The molecule has 0 spiro atoms. The van der Waals surface area contributed by atoms with Crippen molar-refractivity contribution in [2.24, 2.45) is 0 Å². The number of hydrogen-bond donors (Lipinski definition) is 2. The van der Waals surface area contributed by atoms with Crippen molar-refractivity contribution in [1.29, 1.82) is 0 Å². The standard InChI is InChI=1S/C13H22N2/c1-11-7-5-6-8-12(11)9-15-10-13(2,3)14-4/h5-8,14-15H,9-10H2,1-4H3. The molecule has 1 rings (SSSR count). The molecule has 0 fully saturated rings. The molecule has 15 heavy (non-hydrogen) atoms. The molecule has 0 saturated heterocycles. The van der Waals surface area contributed by atoms with Crippen LogP contribution in [0, 0.1) is 6.92 Å². The van der Waals surface area contributed by atoms with Crippen LogP contribution < -0.4 is 10.6 Å². The van der Waals surface area contributed by atoms with E-state index in [0.29, 0.717) is 0 Å². The van der Waals surface area contributed by atoms with E-state index >= 15 is 0 Å². The number of likely N-dealkylation sites (N-methyl/N-ethyl adjacent to an activating group) is 1. The van der Waals surface area contributed by atoms with Gasteiger partial charge in [-0.3, -0.25) is 0 Å². The summed E-state index contributed by atoms with van der Waals surface area (Å²) in [6, 6.07) is 8.50. The molecule has 0 aromatic heterocycles. The third kappa shape index (κ3) is 4.02. The van der Waals surface area contributed by atoms with Gasteiger partial charge in [0.1, 0.15) is 0 Å². The highest BCUT2D eigenvalue weighted by Crippen LogP contribution is 2.06. The zero-order valence-electron chi connectivity index (χ0n) is 10.2. The predicted molar refractivity (Wildman–Crippen MR) is 66.0 cm³/mol. The van der Waals surface area contributed by atoms with Gasteiger partial charge in [0.05, 0.1) is 0 Å². The van der Waals surface area contributed by atoms with E-state index in [1.807, 2.05) is 7.05 Å². The zero-order chi connectivity index (χ0) is 11.3. The third-order valence-corrected chi connectivity index (χ3v) is 2.82. The van der Waals surface area contributed by atoms with Crippen LogP contribution in [-0.2, 0) is 6.54 Å². The van der Waals surface area contributed by atoms with Crippen molar-refractivity contribution in [3.63, 3.8) is 0 Å². The Labute approximate surface area is 93.1 Å². The molecule has 84 valence electrons. The molecule has 1 aromatic carbocycles. The smallest absolute Gasteiger partial charge is 0.0246 e. The van der Waals surface area contributed by atoms with E-state index in [1.54, 1.807) is 0 Å². The van der Waals surface area contributed by atoms with Crippen molar-refractivity contribution in [3.05, 3.63) is 35.4 Å². The van der Waals surface area contributed by atoms with Crippen molar-refractivity contribution < 1.29 is 0 Å². The SMILES string of the molecule is CNC(C)(C)CNCc1ccccc1C. The summed E-state index contributed by atoms with van der Waals surface area (Å²) in [5.41, 5.74) is 2.89. The van der Waals surface area contributed by atoms with E-state index in [0.717, 1.165) is 13.1 Å². The van der Waals surface area contributed by atoms with Gasteiger partial charge in [-0.25, -0.2) is 0 Å². The quantitative estimate of drug-likeness (QED) is 0.771. The largest absolute Gasteiger partial charge is 0.314 e. The van der Waals surface area contributed by atoms with E-state index < -0.39 is 0 Å². The molecule has 2 N–H and O–H groups in total. The van der Waals surface area contributed by atoms with Gasteiger partial charge in [0.2, 0.25) is 0 Å². The molecule has 0 atom stereocenters. The topological polar surface area (TPSA) is 24.1 Å². The second kappa shape index (κ2) is 5.29. The molecular formula is C13H22N2. The molecule has 0 saturated carbocycles. The molecule has 0 heterocycles. The minimum absolute atomic E-state index is 0.155. The molecule has 0 unspecified atom stereocenters. The molecular weight excluding hydrogens is 184 g/mol. The van der Waals surface area contributed by atoms with E-state index in [9.17, 15) is 0 Å². The highest BCUT2D eigenvalue weighted by atomic mass is 15.0. The number of benzene rings is 1. The van der Waals surface area contributed by atoms with Gasteiger partial charge in [-0.15, -0.1) is 0 Å². The Balaban J connectivity index is 2.42. The summed E-state index contributed by atoms with van der Waals surface area (Å²) in [6.07, 6.45) is 0. The van der Waals surface area contributed by atoms with Crippen LogP contribution in [0.1, 0.15) is 25.0 Å². The molecule has 0 bridgehead atoms. The van der Waals surface area contributed by atoms with Crippen molar-refractivity contribution in [2.75, 3.05) is 13.6 Å². The highest BCUT2D eigenvalue weighted by Gasteiger charge is 2.13. The Bertz CT molecular complexity index is 305. The summed E-state index contributed by atoms with van der Waals surface area (Å²) in [5.74, 6) is 0. The normalized spacial score (nSPS) is 11.7. The average molecular weight is 206 g/mol. The maximum Gasteiger partial charge on any atom is 0.0246 e. The zero-order valence-corrected chi connectivity index (χ0v) is 10.2. The van der Waals surface area contributed by atoms with Crippen molar-refractivity contribution in [1.82, 2.24) is 10.6 Å². The first-order chi connectivity index (χ1) is 7.05. The van der Waals surface area contributed by atoms with Crippen LogP contribution in [0.5, 0.6) is 0 Å². The van der Waals surface area contributed by atoms with Gasteiger partial charge in [0.15, 0.2) is 0 Å². The first-order valence-electron chi connectivity index (χ1n) is 5.49. The van der Waals surface area contributed by atoms with Gasteiger partial charge in [-0.1, -0.05) is 24.3 Å². The van der Waals surface area contributed by atoms with Gasteiger partial charge in [0, 0.05) is 18.6 Å². The molecule has 2 heteroatoms. The van der Waals surface area contributed by atoms with E-state index in [2.05, 4.69) is 55.7 Å². The molecule has 0 radical (unpaired) electrons. The molecule has 0 aliphatic carbocycles. The molecule has 2 nitrogen and oxygen atoms in total. The fourth-order valence-corrected chi connectivity index (χ4v) is 1.41. The highest BCUT2D eigenvalue weighted by molar-refractivity contribution is 5.25.